The van der Waals surface area contributed by atoms with E-state index in [1.165, 1.54) is 12.1 Å². The smallest absolute Gasteiger partial charge is 0.351 e. The second-order valence-electron chi connectivity index (χ2n) is 5.80. The molecule has 1 aromatic carbocycles. The van der Waals surface area contributed by atoms with Gasteiger partial charge in [0.05, 0.1) is 5.56 Å². The van der Waals surface area contributed by atoms with Gasteiger partial charge >= 0.3 is 6.18 Å². The third kappa shape index (κ3) is 3.57. The van der Waals surface area contributed by atoms with Crippen LogP contribution in [0.2, 0.25) is 0 Å². The van der Waals surface area contributed by atoms with Crippen molar-refractivity contribution in [2.24, 2.45) is 5.92 Å². The third-order valence-electron chi connectivity index (χ3n) is 4.18. The van der Waals surface area contributed by atoms with E-state index in [4.69, 9.17) is 0 Å². The van der Waals surface area contributed by atoms with Crippen LogP contribution in [-0.2, 0) is 23.9 Å². The van der Waals surface area contributed by atoms with Crippen LogP contribution in [-0.4, -0.2) is 10.5 Å². The van der Waals surface area contributed by atoms with Crippen LogP contribution in [0.15, 0.2) is 42.6 Å². The number of hydrogen-bond donors (Lipinski definition) is 1. The number of nitrogens with zero attached hydrogens (tertiary/aromatic N) is 1. The number of carbonyl (C=O) groups excluding carboxylic acids is 1. The monoisotopic (exact) mass is 322 g/mol. The predicted octanol–water partition coefficient (Wildman–Crippen LogP) is 4.10. The van der Waals surface area contributed by atoms with Crippen molar-refractivity contribution < 1.29 is 18.0 Å². The van der Waals surface area contributed by atoms with Crippen molar-refractivity contribution in [2.75, 3.05) is 5.32 Å². The molecule has 23 heavy (non-hydrogen) atoms. The first-order valence-corrected chi connectivity index (χ1v) is 7.55. The highest BCUT2D eigenvalue weighted by Gasteiger charge is 2.30. The normalized spacial score (nSPS) is 18.1. The lowest BCUT2D eigenvalue weighted by Crippen LogP contribution is -2.24. The van der Waals surface area contributed by atoms with Gasteiger partial charge in [-0.05, 0) is 55.7 Å². The van der Waals surface area contributed by atoms with Gasteiger partial charge in [-0.15, -0.1) is 0 Å². The minimum absolute atomic E-state index is 0.139. The molecule has 0 fully saturated rings. The number of aryl methyl sites for hydroxylation is 1. The Hall–Kier alpha value is -2.24. The molecule has 0 radical (unpaired) electrons. The quantitative estimate of drug-likeness (QED) is 0.887. The molecule has 1 unspecified atom stereocenters. The first kappa shape index (κ1) is 15.6. The highest BCUT2D eigenvalue weighted by Crippen LogP contribution is 2.30. The van der Waals surface area contributed by atoms with Gasteiger partial charge in [-0.25, -0.2) is 0 Å². The SMILES string of the molecule is O=C(Nc1ccc(C(F)(F)F)cc1)C1CCCn2cccc2C1. The van der Waals surface area contributed by atoms with E-state index in [0.29, 0.717) is 12.1 Å². The molecule has 2 heterocycles. The Bertz CT molecular complexity index is 689. The van der Waals surface area contributed by atoms with E-state index in [9.17, 15) is 18.0 Å². The number of rotatable bonds is 2. The molecule has 0 aliphatic carbocycles. The maximum atomic E-state index is 12.5. The Morgan fingerprint density at radius 2 is 1.91 bits per heavy atom. The molecule has 0 saturated heterocycles. The van der Waals surface area contributed by atoms with Crippen molar-refractivity contribution in [1.29, 1.82) is 0 Å². The van der Waals surface area contributed by atoms with Crippen LogP contribution >= 0.6 is 0 Å². The summed E-state index contributed by atoms with van der Waals surface area (Å²) >= 11 is 0. The van der Waals surface area contributed by atoms with E-state index < -0.39 is 11.7 Å². The van der Waals surface area contributed by atoms with Crippen molar-refractivity contribution in [1.82, 2.24) is 4.57 Å². The highest BCUT2D eigenvalue weighted by atomic mass is 19.4. The summed E-state index contributed by atoms with van der Waals surface area (Å²) in [5.74, 6) is -0.298. The van der Waals surface area contributed by atoms with Gasteiger partial charge in [-0.2, -0.15) is 13.2 Å². The predicted molar refractivity (Wildman–Crippen MR) is 80.9 cm³/mol. The van der Waals surface area contributed by atoms with Crippen LogP contribution in [0, 0.1) is 5.92 Å². The summed E-state index contributed by atoms with van der Waals surface area (Å²) in [5, 5.41) is 2.73. The van der Waals surface area contributed by atoms with Crippen molar-refractivity contribution in [3.8, 4) is 0 Å². The fourth-order valence-electron chi connectivity index (χ4n) is 2.93. The van der Waals surface area contributed by atoms with Crippen LogP contribution in [0.5, 0.6) is 0 Å². The highest BCUT2D eigenvalue weighted by molar-refractivity contribution is 5.92. The third-order valence-corrected chi connectivity index (χ3v) is 4.18. The minimum atomic E-state index is -4.37. The number of carbonyl (C=O) groups is 1. The fourth-order valence-corrected chi connectivity index (χ4v) is 2.93. The number of benzene rings is 1. The molecule has 1 N–H and O–H groups in total. The average Bonchev–Trinajstić information content (AvgIpc) is 2.83. The largest absolute Gasteiger partial charge is 0.416 e. The first-order chi connectivity index (χ1) is 10.9. The van der Waals surface area contributed by atoms with Gasteiger partial charge in [-0.3, -0.25) is 4.79 Å². The number of anilines is 1. The van der Waals surface area contributed by atoms with Crippen molar-refractivity contribution >= 4 is 11.6 Å². The van der Waals surface area contributed by atoms with Crippen LogP contribution in [0.4, 0.5) is 18.9 Å². The lowest BCUT2D eigenvalue weighted by Gasteiger charge is -2.15. The van der Waals surface area contributed by atoms with E-state index in [-0.39, 0.29) is 11.8 Å². The van der Waals surface area contributed by atoms with E-state index in [1.54, 1.807) is 0 Å². The molecule has 122 valence electrons. The number of hydrogen-bond acceptors (Lipinski definition) is 1. The topological polar surface area (TPSA) is 34.0 Å². The summed E-state index contributed by atoms with van der Waals surface area (Å²) in [4.78, 5) is 12.4. The molecular weight excluding hydrogens is 305 g/mol. The molecule has 1 amide bonds. The molecule has 1 aromatic heterocycles. The molecule has 1 aliphatic rings. The van der Waals surface area contributed by atoms with Gasteiger partial charge in [0, 0.05) is 30.0 Å². The molecule has 1 atom stereocenters. The number of amides is 1. The molecule has 1 aliphatic heterocycles. The number of fused-ring (bicyclic) bond motifs is 1. The zero-order chi connectivity index (χ0) is 16.4. The van der Waals surface area contributed by atoms with E-state index in [1.807, 2.05) is 18.3 Å². The van der Waals surface area contributed by atoms with Gasteiger partial charge in [-0.1, -0.05) is 0 Å². The number of alkyl halides is 3. The van der Waals surface area contributed by atoms with Gasteiger partial charge < -0.3 is 9.88 Å². The lowest BCUT2D eigenvalue weighted by atomic mass is 9.98. The Morgan fingerprint density at radius 3 is 2.61 bits per heavy atom. The second kappa shape index (κ2) is 6.10. The molecular formula is C17H17F3N2O. The zero-order valence-electron chi connectivity index (χ0n) is 12.4. The molecule has 2 aromatic rings. The molecule has 0 saturated carbocycles. The summed E-state index contributed by atoms with van der Waals surface area (Å²) in [6, 6.07) is 8.51. The zero-order valence-corrected chi connectivity index (χ0v) is 12.4. The fraction of sp³-hybridized carbons (Fsp3) is 0.353. The first-order valence-electron chi connectivity index (χ1n) is 7.55. The summed E-state index contributed by atoms with van der Waals surface area (Å²) in [7, 11) is 0. The Morgan fingerprint density at radius 1 is 1.17 bits per heavy atom. The van der Waals surface area contributed by atoms with Crippen molar-refractivity contribution in [3.63, 3.8) is 0 Å². The number of halogens is 3. The Kier molecular flexibility index (Phi) is 4.15. The summed E-state index contributed by atoms with van der Waals surface area (Å²) in [5.41, 5.74) is 0.792. The molecule has 6 heteroatoms. The van der Waals surface area contributed by atoms with Gasteiger partial charge in [0.15, 0.2) is 0 Å². The van der Waals surface area contributed by atoms with E-state index in [0.717, 1.165) is 37.2 Å². The van der Waals surface area contributed by atoms with Crippen molar-refractivity contribution in [2.45, 2.75) is 32.0 Å². The molecule has 0 spiro atoms. The van der Waals surface area contributed by atoms with Gasteiger partial charge in [0.25, 0.3) is 0 Å². The molecule has 0 bridgehead atoms. The van der Waals surface area contributed by atoms with Crippen LogP contribution in [0.25, 0.3) is 0 Å². The van der Waals surface area contributed by atoms with Gasteiger partial charge in [0.2, 0.25) is 5.91 Å². The Labute approximate surface area is 132 Å². The minimum Gasteiger partial charge on any atom is -0.351 e. The number of aromatic nitrogens is 1. The molecule has 3 nitrogen and oxygen atoms in total. The van der Waals surface area contributed by atoms with Crippen LogP contribution in [0.1, 0.15) is 24.1 Å². The second-order valence-corrected chi connectivity index (χ2v) is 5.80. The average molecular weight is 322 g/mol. The molecule has 3 rings (SSSR count). The lowest BCUT2D eigenvalue weighted by molar-refractivity contribution is -0.137. The van der Waals surface area contributed by atoms with E-state index in [2.05, 4.69) is 9.88 Å². The summed E-state index contributed by atoms with van der Waals surface area (Å²) in [6.07, 6.45) is -0.0267. The summed E-state index contributed by atoms with van der Waals surface area (Å²) in [6.45, 7) is 0.895. The number of nitrogens with one attached hydrogen (secondary N) is 1. The van der Waals surface area contributed by atoms with Crippen molar-refractivity contribution in [3.05, 3.63) is 53.9 Å². The van der Waals surface area contributed by atoms with Gasteiger partial charge in [0.1, 0.15) is 0 Å². The maximum absolute atomic E-state index is 12.5. The van der Waals surface area contributed by atoms with Crippen LogP contribution in [0.3, 0.4) is 0 Å². The Balaban J connectivity index is 1.67. The summed E-state index contributed by atoms with van der Waals surface area (Å²) < 4.78 is 39.8. The maximum Gasteiger partial charge on any atom is 0.416 e. The van der Waals surface area contributed by atoms with E-state index >= 15 is 0 Å². The standard InChI is InChI=1S/C17H17F3N2O/c18-17(19,20)13-5-7-14(8-6-13)21-16(23)12-3-1-9-22-10-2-4-15(22)11-12/h2,4-8,10,12H,1,3,9,11H2,(H,21,23). The van der Waals surface area contributed by atoms with Crippen LogP contribution < -0.4 is 5.32 Å².